The topological polar surface area (TPSA) is 138 Å². The number of pyridine rings is 1. The zero-order valence-corrected chi connectivity index (χ0v) is 20.9. The predicted molar refractivity (Wildman–Crippen MR) is 141 cm³/mol. The fourth-order valence-electron chi connectivity index (χ4n) is 3.00. The average molecular weight is 500 g/mol. The SMILES string of the molecule is CC(C)Nc1c(C(=O)NC[C@@H](F)C(C)(C)O)cnc2sc(Nc3ccc(N=CC=CN)cc3)nc12. The van der Waals surface area contributed by atoms with Crippen molar-refractivity contribution in [3.63, 3.8) is 0 Å². The first-order chi connectivity index (χ1) is 16.6. The molecule has 0 aliphatic rings. The van der Waals surface area contributed by atoms with Gasteiger partial charge in [0.05, 0.1) is 29.1 Å². The largest absolute Gasteiger partial charge is 0.405 e. The number of halogens is 1. The van der Waals surface area contributed by atoms with E-state index in [0.717, 1.165) is 11.4 Å². The van der Waals surface area contributed by atoms with Gasteiger partial charge in [-0.1, -0.05) is 11.3 Å². The molecule has 35 heavy (non-hydrogen) atoms. The molecule has 1 amide bonds. The highest BCUT2D eigenvalue weighted by atomic mass is 32.1. The van der Waals surface area contributed by atoms with E-state index in [1.165, 1.54) is 37.6 Å². The van der Waals surface area contributed by atoms with Gasteiger partial charge >= 0.3 is 0 Å². The molecule has 186 valence electrons. The Morgan fingerprint density at radius 2 is 2.03 bits per heavy atom. The summed E-state index contributed by atoms with van der Waals surface area (Å²) in [6.45, 7) is 6.27. The summed E-state index contributed by atoms with van der Waals surface area (Å²) in [4.78, 5) is 26.8. The lowest BCUT2D eigenvalue weighted by Gasteiger charge is -2.22. The maximum Gasteiger partial charge on any atom is 0.255 e. The number of nitrogens with one attached hydrogen (secondary N) is 3. The van der Waals surface area contributed by atoms with Crippen LogP contribution in [0.4, 0.5) is 26.6 Å². The number of rotatable bonds is 10. The quantitative estimate of drug-likeness (QED) is 0.263. The Balaban J connectivity index is 1.85. The molecule has 1 aromatic carbocycles. The molecule has 0 unspecified atom stereocenters. The molecule has 6 N–H and O–H groups in total. The van der Waals surface area contributed by atoms with Crippen LogP contribution in [0.25, 0.3) is 10.3 Å². The van der Waals surface area contributed by atoms with Gasteiger partial charge < -0.3 is 26.8 Å². The minimum atomic E-state index is -1.62. The second-order valence-electron chi connectivity index (χ2n) is 8.68. The summed E-state index contributed by atoms with van der Waals surface area (Å²) in [7, 11) is 0. The molecule has 0 saturated heterocycles. The number of benzene rings is 1. The molecule has 0 spiro atoms. The van der Waals surface area contributed by atoms with Gasteiger partial charge in [0.2, 0.25) is 0 Å². The van der Waals surface area contributed by atoms with Gasteiger partial charge in [-0.25, -0.2) is 14.4 Å². The van der Waals surface area contributed by atoms with E-state index >= 15 is 0 Å². The lowest BCUT2D eigenvalue weighted by Crippen LogP contribution is -2.42. The minimum Gasteiger partial charge on any atom is -0.405 e. The third-order valence-corrected chi connectivity index (χ3v) is 5.73. The number of carbonyl (C=O) groups is 1. The molecule has 0 radical (unpaired) electrons. The van der Waals surface area contributed by atoms with E-state index < -0.39 is 17.7 Å². The Labute approximate surface area is 207 Å². The van der Waals surface area contributed by atoms with E-state index in [4.69, 9.17) is 5.73 Å². The number of hydrogen-bond donors (Lipinski definition) is 5. The van der Waals surface area contributed by atoms with Crippen molar-refractivity contribution in [1.29, 1.82) is 0 Å². The fourth-order valence-corrected chi connectivity index (χ4v) is 3.84. The minimum absolute atomic E-state index is 0.0118. The van der Waals surface area contributed by atoms with Crippen LogP contribution in [0, 0.1) is 0 Å². The monoisotopic (exact) mass is 499 g/mol. The lowest BCUT2D eigenvalue weighted by molar-refractivity contribution is -0.00177. The molecule has 0 fully saturated rings. The van der Waals surface area contributed by atoms with E-state index in [9.17, 15) is 14.3 Å². The third kappa shape index (κ3) is 6.96. The van der Waals surface area contributed by atoms with Gasteiger partial charge in [0, 0.05) is 24.1 Å². The van der Waals surface area contributed by atoms with Crippen LogP contribution in [-0.2, 0) is 0 Å². The summed E-state index contributed by atoms with van der Waals surface area (Å²) in [5.41, 5.74) is 6.63. The van der Waals surface area contributed by atoms with Gasteiger partial charge in [0.1, 0.15) is 16.5 Å². The molecule has 3 aromatic rings. The summed E-state index contributed by atoms with van der Waals surface area (Å²) in [6.07, 6.45) is 4.49. The second kappa shape index (κ2) is 11.2. The molecular formula is C24H30FN7O2S. The molecule has 0 saturated carbocycles. The lowest BCUT2D eigenvalue weighted by atomic mass is 10.0. The summed E-state index contributed by atoms with van der Waals surface area (Å²) < 4.78 is 14.1. The van der Waals surface area contributed by atoms with Crippen LogP contribution in [0.3, 0.4) is 0 Å². The number of alkyl halides is 1. The number of nitrogens with zero attached hydrogens (tertiary/aromatic N) is 3. The molecule has 11 heteroatoms. The van der Waals surface area contributed by atoms with Crippen molar-refractivity contribution in [2.45, 2.75) is 45.5 Å². The highest BCUT2D eigenvalue weighted by Crippen LogP contribution is 2.34. The summed E-state index contributed by atoms with van der Waals surface area (Å²) in [5.74, 6) is -0.502. The van der Waals surface area contributed by atoms with Crippen LogP contribution in [0.5, 0.6) is 0 Å². The second-order valence-corrected chi connectivity index (χ2v) is 9.66. The molecule has 9 nitrogen and oxygen atoms in total. The average Bonchev–Trinajstić information content (AvgIpc) is 3.21. The molecule has 3 rings (SSSR count). The molecule has 2 heterocycles. The van der Waals surface area contributed by atoms with Gasteiger partial charge in [-0.05, 0) is 64.2 Å². The molecule has 0 bridgehead atoms. The van der Waals surface area contributed by atoms with Gasteiger partial charge in [-0.15, -0.1) is 0 Å². The van der Waals surface area contributed by atoms with E-state index in [2.05, 4.69) is 30.9 Å². The predicted octanol–water partition coefficient (Wildman–Crippen LogP) is 4.27. The number of allylic oxidation sites excluding steroid dienone is 1. The number of aromatic nitrogens is 2. The Kier molecular flexibility index (Phi) is 8.36. The summed E-state index contributed by atoms with van der Waals surface area (Å²) in [6, 6.07) is 7.47. The normalized spacial score (nSPS) is 13.1. The Hall–Kier alpha value is -3.57. The number of hydrogen-bond acceptors (Lipinski definition) is 9. The van der Waals surface area contributed by atoms with E-state index in [1.807, 2.05) is 38.1 Å². The van der Waals surface area contributed by atoms with Crippen molar-refractivity contribution in [3.05, 3.63) is 48.3 Å². The van der Waals surface area contributed by atoms with Crippen LogP contribution >= 0.6 is 11.3 Å². The molecule has 1 atom stereocenters. The number of amides is 1. The van der Waals surface area contributed by atoms with E-state index in [1.54, 1.807) is 12.3 Å². The van der Waals surface area contributed by atoms with E-state index in [-0.39, 0.29) is 18.2 Å². The van der Waals surface area contributed by atoms with Gasteiger partial charge in [0.25, 0.3) is 5.91 Å². The zero-order valence-electron chi connectivity index (χ0n) is 20.0. The summed E-state index contributed by atoms with van der Waals surface area (Å²) in [5, 5.41) is 19.4. The van der Waals surface area contributed by atoms with Crippen molar-refractivity contribution in [3.8, 4) is 0 Å². The van der Waals surface area contributed by atoms with Crippen molar-refractivity contribution in [1.82, 2.24) is 15.3 Å². The number of thiazole rings is 1. The van der Waals surface area contributed by atoms with Crippen molar-refractivity contribution in [2.75, 3.05) is 17.2 Å². The maximum atomic E-state index is 14.1. The highest BCUT2D eigenvalue weighted by molar-refractivity contribution is 7.21. The Bertz CT molecular complexity index is 1220. The number of fused-ring (bicyclic) bond motifs is 1. The van der Waals surface area contributed by atoms with Crippen molar-refractivity contribution in [2.24, 2.45) is 10.7 Å². The summed E-state index contributed by atoms with van der Waals surface area (Å²) >= 11 is 1.35. The van der Waals surface area contributed by atoms with Crippen molar-refractivity contribution < 1.29 is 14.3 Å². The first-order valence-electron chi connectivity index (χ1n) is 11.1. The maximum absolute atomic E-state index is 14.1. The van der Waals surface area contributed by atoms with Crippen LogP contribution in [0.1, 0.15) is 38.1 Å². The number of aliphatic hydroxyl groups is 1. The van der Waals surface area contributed by atoms with Gasteiger partial charge in [-0.2, -0.15) is 0 Å². The molecule has 2 aromatic heterocycles. The standard InChI is InChI=1S/C24H30FN7O2S/c1-14(2)30-19-17(21(33)28-13-18(25)24(3,4)34)12-29-22-20(19)32-23(35-22)31-16-8-6-15(7-9-16)27-11-5-10-26/h5-12,14,18,34H,13,26H2,1-4H3,(H,28,33)(H,29,30)(H,31,32)/t18-/m1/s1. The number of anilines is 3. The first-order valence-corrected chi connectivity index (χ1v) is 11.9. The van der Waals surface area contributed by atoms with Crippen LogP contribution in [0.2, 0.25) is 0 Å². The van der Waals surface area contributed by atoms with Gasteiger partial charge in [-0.3, -0.25) is 9.79 Å². The Morgan fingerprint density at radius 1 is 1.31 bits per heavy atom. The first kappa shape index (κ1) is 26.0. The van der Waals surface area contributed by atoms with Crippen LogP contribution < -0.4 is 21.7 Å². The molecular weight excluding hydrogens is 469 g/mol. The number of carbonyl (C=O) groups excluding carboxylic acids is 1. The third-order valence-electron chi connectivity index (χ3n) is 4.85. The van der Waals surface area contributed by atoms with Crippen molar-refractivity contribution >= 4 is 56.0 Å². The smallest absolute Gasteiger partial charge is 0.255 e. The zero-order chi connectivity index (χ0) is 25.6. The van der Waals surface area contributed by atoms with Crippen LogP contribution in [-0.4, -0.2) is 51.6 Å². The van der Waals surface area contributed by atoms with Gasteiger partial charge in [0.15, 0.2) is 5.13 Å². The highest BCUT2D eigenvalue weighted by Gasteiger charge is 2.27. The Morgan fingerprint density at radius 3 is 2.66 bits per heavy atom. The number of aliphatic imine (C=N–C) groups is 1. The molecule has 0 aliphatic heterocycles. The molecule has 0 aliphatic carbocycles. The fraction of sp³-hybridized carbons (Fsp3) is 0.333. The number of nitrogens with two attached hydrogens (primary N) is 1. The van der Waals surface area contributed by atoms with E-state index in [0.29, 0.717) is 21.2 Å². The van der Waals surface area contributed by atoms with Crippen LogP contribution in [0.15, 0.2) is 47.7 Å².